The number of hydrogen-bond acceptors (Lipinski definition) is 4. The largest absolute Gasteiger partial charge is 0.324 e. The molecule has 3 N–H and O–H groups in total. The molecule has 1 aromatic carbocycles. The molecule has 0 aromatic heterocycles. The fraction of sp³-hybridized carbons (Fsp3) is 0.571. The normalized spacial score (nSPS) is 18.0. The van der Waals surface area contributed by atoms with Gasteiger partial charge in [-0.3, -0.25) is 0 Å². The number of benzene rings is 1. The molecule has 120 valence electrons. The van der Waals surface area contributed by atoms with Crippen LogP contribution in [-0.4, -0.2) is 26.8 Å². The Bertz CT molecular complexity index is 558. The molecule has 21 heavy (non-hydrogen) atoms. The number of hydrogen-bond donors (Lipinski definition) is 2. The molecule has 0 unspecified atom stereocenters. The molecule has 0 aliphatic heterocycles. The average molecular weight is 351 g/mol. The van der Waals surface area contributed by atoms with Crippen LogP contribution in [0.1, 0.15) is 32.1 Å². The fourth-order valence-electron chi connectivity index (χ4n) is 2.52. The van der Waals surface area contributed by atoms with E-state index >= 15 is 0 Å². The minimum Gasteiger partial charge on any atom is -0.324 e. The number of sulfonamides is 1. The minimum atomic E-state index is -3.47. The van der Waals surface area contributed by atoms with Crippen LogP contribution in [0, 0.1) is 0 Å². The van der Waals surface area contributed by atoms with E-state index in [-0.39, 0.29) is 17.9 Å². The summed E-state index contributed by atoms with van der Waals surface area (Å²) in [5.74, 6) is 0. The first kappa shape index (κ1) is 18.8. The summed E-state index contributed by atoms with van der Waals surface area (Å²) in [5, 5.41) is 0. The zero-order valence-corrected chi connectivity index (χ0v) is 14.6. The van der Waals surface area contributed by atoms with Gasteiger partial charge >= 0.3 is 0 Å². The summed E-state index contributed by atoms with van der Waals surface area (Å²) < 4.78 is 27.3. The molecule has 0 radical (unpaired) electrons. The van der Waals surface area contributed by atoms with Crippen molar-refractivity contribution in [3.8, 4) is 0 Å². The third-order valence-corrected chi connectivity index (χ3v) is 5.94. The van der Waals surface area contributed by atoms with Crippen LogP contribution in [0.4, 0.5) is 0 Å². The Morgan fingerprint density at radius 1 is 1.29 bits per heavy atom. The Hall–Kier alpha value is -0.270. The monoisotopic (exact) mass is 350 g/mol. The summed E-state index contributed by atoms with van der Waals surface area (Å²) in [7, 11) is -3.47. The molecule has 1 saturated carbocycles. The van der Waals surface area contributed by atoms with Gasteiger partial charge in [0.1, 0.15) is 0 Å². The maximum Gasteiger partial charge on any atom is 0.240 e. The Balaban J connectivity index is 0.00000220. The lowest BCUT2D eigenvalue weighted by atomic mass is 9.83. The molecular weight excluding hydrogens is 328 g/mol. The predicted molar refractivity (Wildman–Crippen MR) is 90.7 cm³/mol. The molecule has 2 rings (SSSR count). The van der Waals surface area contributed by atoms with Gasteiger partial charge in [0.25, 0.3) is 0 Å². The number of rotatable bonds is 5. The van der Waals surface area contributed by atoms with Crippen LogP contribution in [-0.2, 0) is 10.0 Å². The molecule has 4 nitrogen and oxygen atoms in total. The van der Waals surface area contributed by atoms with Crippen molar-refractivity contribution in [1.29, 1.82) is 0 Å². The van der Waals surface area contributed by atoms with Crippen molar-refractivity contribution >= 4 is 34.2 Å². The minimum absolute atomic E-state index is 0. The smallest absolute Gasteiger partial charge is 0.240 e. The van der Waals surface area contributed by atoms with E-state index in [2.05, 4.69) is 4.72 Å². The van der Waals surface area contributed by atoms with Crippen molar-refractivity contribution in [3.05, 3.63) is 24.3 Å². The van der Waals surface area contributed by atoms with Gasteiger partial charge in [-0.1, -0.05) is 25.3 Å². The van der Waals surface area contributed by atoms with Crippen molar-refractivity contribution in [2.75, 3.05) is 12.8 Å². The third-order valence-electron chi connectivity index (χ3n) is 3.82. The summed E-state index contributed by atoms with van der Waals surface area (Å²) >= 11 is 1.53. The predicted octanol–water partition coefficient (Wildman–Crippen LogP) is 2.77. The summed E-state index contributed by atoms with van der Waals surface area (Å²) in [6, 6.07) is 6.97. The average Bonchev–Trinajstić information content (AvgIpc) is 2.46. The van der Waals surface area contributed by atoms with Crippen LogP contribution in [0.5, 0.6) is 0 Å². The second-order valence-electron chi connectivity index (χ2n) is 5.43. The van der Waals surface area contributed by atoms with Gasteiger partial charge in [0.05, 0.1) is 4.90 Å². The van der Waals surface area contributed by atoms with Crippen LogP contribution in [0.25, 0.3) is 0 Å². The van der Waals surface area contributed by atoms with Gasteiger partial charge in [0, 0.05) is 17.0 Å². The Labute approximate surface area is 137 Å². The Kier molecular flexibility index (Phi) is 7.00. The molecule has 0 amide bonds. The van der Waals surface area contributed by atoms with E-state index in [1.54, 1.807) is 18.2 Å². The lowest BCUT2D eigenvalue weighted by molar-refractivity contribution is 0.296. The quantitative estimate of drug-likeness (QED) is 0.801. The Morgan fingerprint density at radius 2 is 1.95 bits per heavy atom. The lowest BCUT2D eigenvalue weighted by Crippen LogP contribution is -2.51. The number of halogens is 1. The number of thioether (sulfide) groups is 1. The first-order valence-corrected chi connectivity index (χ1v) is 9.59. The second-order valence-corrected chi connectivity index (χ2v) is 8.07. The summed E-state index contributed by atoms with van der Waals surface area (Å²) in [4.78, 5) is 1.25. The van der Waals surface area contributed by atoms with E-state index in [1.807, 2.05) is 12.3 Å². The molecule has 1 fully saturated rings. The van der Waals surface area contributed by atoms with Crippen molar-refractivity contribution in [2.45, 2.75) is 47.4 Å². The number of nitrogens with two attached hydrogens (primary N) is 1. The maximum atomic E-state index is 12.3. The van der Waals surface area contributed by atoms with Crippen LogP contribution in [0.2, 0.25) is 0 Å². The van der Waals surface area contributed by atoms with Crippen LogP contribution in [0.15, 0.2) is 34.1 Å². The van der Waals surface area contributed by atoms with Crippen molar-refractivity contribution in [3.63, 3.8) is 0 Å². The molecule has 0 bridgehead atoms. The molecule has 0 spiro atoms. The van der Waals surface area contributed by atoms with E-state index < -0.39 is 10.0 Å². The molecular formula is C14H23ClN2O2S2. The summed E-state index contributed by atoms with van der Waals surface area (Å²) in [5.41, 5.74) is 5.88. The van der Waals surface area contributed by atoms with Gasteiger partial charge in [-0.15, -0.1) is 24.2 Å². The second kappa shape index (κ2) is 7.83. The summed E-state index contributed by atoms with van der Waals surface area (Å²) in [6.45, 7) is 0.318. The van der Waals surface area contributed by atoms with Crippen LogP contribution >= 0.6 is 24.2 Å². The molecule has 1 aliphatic rings. The standard InChI is InChI=1S/C14H22N2O2S2.ClH/c1-19-12-6-5-7-13(10-12)20(17,18)16-11-14(15)8-3-2-4-9-14;/h5-7,10,16H,2-4,8-9,11,15H2,1H3;1H. The summed E-state index contributed by atoms with van der Waals surface area (Å²) in [6.07, 6.45) is 7.07. The highest BCUT2D eigenvalue weighted by atomic mass is 35.5. The zero-order chi connectivity index (χ0) is 14.6. The van der Waals surface area contributed by atoms with E-state index in [1.165, 1.54) is 18.2 Å². The molecule has 0 atom stereocenters. The highest BCUT2D eigenvalue weighted by Crippen LogP contribution is 2.26. The van der Waals surface area contributed by atoms with Crippen molar-refractivity contribution in [1.82, 2.24) is 4.72 Å². The van der Waals surface area contributed by atoms with E-state index in [0.29, 0.717) is 11.4 Å². The molecule has 1 aliphatic carbocycles. The van der Waals surface area contributed by atoms with Crippen LogP contribution in [0.3, 0.4) is 0 Å². The molecule has 0 heterocycles. The molecule has 1 aromatic rings. The Morgan fingerprint density at radius 3 is 2.57 bits per heavy atom. The van der Waals surface area contributed by atoms with Gasteiger partial charge < -0.3 is 5.73 Å². The molecule has 7 heteroatoms. The van der Waals surface area contributed by atoms with E-state index in [0.717, 1.165) is 30.6 Å². The maximum absolute atomic E-state index is 12.3. The van der Waals surface area contributed by atoms with E-state index in [9.17, 15) is 8.42 Å². The third kappa shape index (κ3) is 5.14. The van der Waals surface area contributed by atoms with Gasteiger partial charge in [0.15, 0.2) is 0 Å². The highest BCUT2D eigenvalue weighted by Gasteiger charge is 2.29. The SMILES string of the molecule is CSc1cccc(S(=O)(=O)NCC2(N)CCCCC2)c1.Cl. The lowest BCUT2D eigenvalue weighted by Gasteiger charge is -2.33. The van der Waals surface area contributed by atoms with E-state index in [4.69, 9.17) is 5.73 Å². The fourth-order valence-corrected chi connectivity index (χ4v) is 4.24. The highest BCUT2D eigenvalue weighted by molar-refractivity contribution is 7.98. The van der Waals surface area contributed by atoms with Gasteiger partial charge in [-0.05, 0) is 37.3 Å². The molecule has 0 saturated heterocycles. The zero-order valence-electron chi connectivity index (χ0n) is 12.2. The van der Waals surface area contributed by atoms with Gasteiger partial charge in [-0.2, -0.15) is 0 Å². The van der Waals surface area contributed by atoms with Crippen LogP contribution < -0.4 is 10.5 Å². The van der Waals surface area contributed by atoms with Crippen molar-refractivity contribution in [2.24, 2.45) is 5.73 Å². The first-order chi connectivity index (χ1) is 9.45. The first-order valence-electron chi connectivity index (χ1n) is 6.88. The topological polar surface area (TPSA) is 72.2 Å². The number of nitrogens with one attached hydrogen (secondary N) is 1. The van der Waals surface area contributed by atoms with Gasteiger partial charge in [0.2, 0.25) is 10.0 Å². The van der Waals surface area contributed by atoms with Crippen molar-refractivity contribution < 1.29 is 8.42 Å². The van der Waals surface area contributed by atoms with Gasteiger partial charge in [-0.25, -0.2) is 13.1 Å².